The Morgan fingerprint density at radius 2 is 2.06 bits per heavy atom. The highest BCUT2D eigenvalue weighted by atomic mass is 32.1. The molecule has 0 aliphatic heterocycles. The van der Waals surface area contributed by atoms with Crippen LogP contribution in [0.2, 0.25) is 0 Å². The molecule has 2 rings (SSSR count). The lowest BCUT2D eigenvalue weighted by Gasteiger charge is -2.07. The van der Waals surface area contributed by atoms with E-state index in [1.807, 2.05) is 29.6 Å². The van der Waals surface area contributed by atoms with Gasteiger partial charge < -0.3 is 5.32 Å². The van der Waals surface area contributed by atoms with E-state index in [0.717, 1.165) is 16.9 Å². The Bertz CT molecular complexity index is 482. The zero-order chi connectivity index (χ0) is 12.1. The molecule has 0 aliphatic rings. The Hall–Kier alpha value is -2.15. The second-order valence-corrected chi connectivity index (χ2v) is 3.81. The molecule has 0 spiro atoms. The molecule has 2 amide bonds. The summed E-state index contributed by atoms with van der Waals surface area (Å²) in [6.07, 6.45) is 0. The first kappa shape index (κ1) is 11.3. The summed E-state index contributed by atoms with van der Waals surface area (Å²) in [5.74, 6) is 0. The van der Waals surface area contributed by atoms with Crippen molar-refractivity contribution in [2.45, 2.75) is 0 Å². The number of nitrogens with one attached hydrogen (secondary N) is 3. The molecule has 1 aromatic carbocycles. The van der Waals surface area contributed by atoms with Gasteiger partial charge in [-0.2, -0.15) is 0 Å². The van der Waals surface area contributed by atoms with E-state index in [9.17, 15) is 4.79 Å². The van der Waals surface area contributed by atoms with Gasteiger partial charge in [0.1, 0.15) is 5.69 Å². The van der Waals surface area contributed by atoms with Crippen molar-refractivity contribution in [3.63, 3.8) is 0 Å². The number of aromatic nitrogens is 2. The number of anilines is 1. The predicted octanol–water partition coefficient (Wildman–Crippen LogP) is 1.46. The van der Waals surface area contributed by atoms with Gasteiger partial charge in [0.05, 0.1) is 5.69 Å². The Balaban J connectivity index is 2.01. The van der Waals surface area contributed by atoms with Crippen LogP contribution in [0.25, 0.3) is 11.3 Å². The first-order valence-electron chi connectivity index (χ1n) is 4.91. The Morgan fingerprint density at radius 1 is 1.29 bits per heavy atom. The summed E-state index contributed by atoms with van der Waals surface area (Å²) in [6.45, 7) is 0. The summed E-state index contributed by atoms with van der Waals surface area (Å²) in [5.41, 5.74) is 7.88. The molecule has 0 saturated heterocycles. The molecular weight excluding hydrogens is 238 g/mol. The van der Waals surface area contributed by atoms with E-state index in [4.69, 9.17) is 0 Å². The van der Waals surface area contributed by atoms with Crippen molar-refractivity contribution in [3.05, 3.63) is 29.6 Å². The monoisotopic (exact) mass is 249 g/mol. The minimum absolute atomic E-state index is 0.294. The van der Waals surface area contributed by atoms with Crippen molar-refractivity contribution < 1.29 is 4.79 Å². The molecule has 3 N–H and O–H groups in total. The molecule has 2 aromatic rings. The van der Waals surface area contributed by atoms with Crippen molar-refractivity contribution in [2.24, 2.45) is 0 Å². The Morgan fingerprint density at radius 3 is 2.65 bits per heavy atom. The fourth-order valence-electron chi connectivity index (χ4n) is 1.21. The smallest absolute Gasteiger partial charge is 0.333 e. The third-order valence-corrected chi connectivity index (χ3v) is 2.59. The topological polar surface area (TPSA) is 78.9 Å². The summed E-state index contributed by atoms with van der Waals surface area (Å²) in [7, 11) is 1.55. The molecule has 0 radical (unpaired) electrons. The standard InChI is InChI=1S/C10H11N5OS/c1-11-10(16)14-12-8-4-2-7(3-5-8)9-6-17-15-13-9/h2-6,12H,1H3,(H2,11,14,16). The van der Waals surface area contributed by atoms with E-state index in [0.29, 0.717) is 0 Å². The van der Waals surface area contributed by atoms with Crippen molar-refractivity contribution in [1.82, 2.24) is 20.3 Å². The molecule has 0 atom stereocenters. The van der Waals surface area contributed by atoms with Gasteiger partial charge in [-0.05, 0) is 23.7 Å². The normalized spacial score (nSPS) is 9.71. The van der Waals surface area contributed by atoms with Gasteiger partial charge in [0, 0.05) is 18.0 Å². The summed E-state index contributed by atoms with van der Waals surface area (Å²) in [6, 6.07) is 7.22. The number of hydrogen-bond acceptors (Lipinski definition) is 5. The van der Waals surface area contributed by atoms with Gasteiger partial charge in [0.25, 0.3) is 0 Å². The van der Waals surface area contributed by atoms with Crippen LogP contribution >= 0.6 is 11.5 Å². The number of amides is 2. The van der Waals surface area contributed by atoms with Gasteiger partial charge in [-0.25, -0.2) is 4.79 Å². The molecule has 0 bridgehead atoms. The van der Waals surface area contributed by atoms with Crippen LogP contribution in [0, 0.1) is 0 Å². The first-order valence-corrected chi connectivity index (χ1v) is 5.74. The molecule has 17 heavy (non-hydrogen) atoms. The number of hydrazine groups is 1. The SMILES string of the molecule is CNC(=O)NNc1ccc(-c2csnn2)cc1. The largest absolute Gasteiger partial charge is 0.340 e. The summed E-state index contributed by atoms with van der Waals surface area (Å²) < 4.78 is 3.80. The van der Waals surface area contributed by atoms with E-state index >= 15 is 0 Å². The van der Waals surface area contributed by atoms with Crippen LogP contribution in [-0.4, -0.2) is 22.7 Å². The zero-order valence-electron chi connectivity index (χ0n) is 9.10. The third-order valence-electron chi connectivity index (χ3n) is 2.09. The van der Waals surface area contributed by atoms with Crippen molar-refractivity contribution in [3.8, 4) is 11.3 Å². The van der Waals surface area contributed by atoms with Crippen molar-refractivity contribution >= 4 is 23.3 Å². The number of hydrogen-bond donors (Lipinski definition) is 3. The van der Waals surface area contributed by atoms with Gasteiger partial charge in [-0.1, -0.05) is 16.6 Å². The molecule has 1 heterocycles. The van der Waals surface area contributed by atoms with Gasteiger partial charge in [0.15, 0.2) is 0 Å². The highest BCUT2D eigenvalue weighted by Crippen LogP contribution is 2.19. The van der Waals surface area contributed by atoms with Gasteiger partial charge >= 0.3 is 6.03 Å². The molecule has 0 saturated carbocycles. The van der Waals surface area contributed by atoms with Gasteiger partial charge in [-0.15, -0.1) is 5.10 Å². The molecule has 1 aromatic heterocycles. The van der Waals surface area contributed by atoms with E-state index < -0.39 is 0 Å². The summed E-state index contributed by atoms with van der Waals surface area (Å²) in [4.78, 5) is 10.9. The van der Waals surface area contributed by atoms with Gasteiger partial charge in [0.2, 0.25) is 0 Å². The highest BCUT2D eigenvalue weighted by molar-refractivity contribution is 7.03. The van der Waals surface area contributed by atoms with Crippen LogP contribution in [0.5, 0.6) is 0 Å². The van der Waals surface area contributed by atoms with E-state index in [1.54, 1.807) is 7.05 Å². The minimum atomic E-state index is -0.294. The molecule has 6 nitrogen and oxygen atoms in total. The maximum absolute atomic E-state index is 10.9. The summed E-state index contributed by atoms with van der Waals surface area (Å²) >= 11 is 1.31. The lowest BCUT2D eigenvalue weighted by Crippen LogP contribution is -2.36. The summed E-state index contributed by atoms with van der Waals surface area (Å²) in [5, 5.41) is 8.29. The number of carbonyl (C=O) groups is 1. The number of nitrogens with zero attached hydrogens (tertiary/aromatic N) is 2. The Kier molecular flexibility index (Phi) is 3.51. The third kappa shape index (κ3) is 2.91. The highest BCUT2D eigenvalue weighted by Gasteiger charge is 2.01. The molecule has 88 valence electrons. The molecule has 0 aliphatic carbocycles. The molecular formula is C10H11N5OS. The molecule has 0 unspecified atom stereocenters. The lowest BCUT2D eigenvalue weighted by molar-refractivity contribution is 0.245. The van der Waals surface area contributed by atoms with E-state index in [1.165, 1.54) is 11.5 Å². The Labute approximate surface area is 102 Å². The van der Waals surface area contributed by atoms with Crippen LogP contribution < -0.4 is 16.2 Å². The number of carbonyl (C=O) groups excluding carboxylic acids is 1. The van der Waals surface area contributed by atoms with E-state index in [-0.39, 0.29) is 6.03 Å². The maximum Gasteiger partial charge on any atom is 0.333 e. The van der Waals surface area contributed by atoms with Crippen LogP contribution in [0.15, 0.2) is 29.6 Å². The zero-order valence-corrected chi connectivity index (χ0v) is 9.91. The number of urea groups is 1. The van der Waals surface area contributed by atoms with Crippen LogP contribution in [0.3, 0.4) is 0 Å². The maximum atomic E-state index is 10.9. The fourth-order valence-corrected chi connectivity index (χ4v) is 1.67. The fraction of sp³-hybridized carbons (Fsp3) is 0.100. The first-order chi connectivity index (χ1) is 8.29. The predicted molar refractivity (Wildman–Crippen MR) is 66.6 cm³/mol. The van der Waals surface area contributed by atoms with E-state index in [2.05, 4.69) is 25.8 Å². The van der Waals surface area contributed by atoms with Crippen molar-refractivity contribution in [1.29, 1.82) is 0 Å². The molecule has 0 fully saturated rings. The van der Waals surface area contributed by atoms with Gasteiger partial charge in [-0.3, -0.25) is 10.9 Å². The second-order valence-electron chi connectivity index (χ2n) is 3.20. The lowest BCUT2D eigenvalue weighted by atomic mass is 10.1. The average Bonchev–Trinajstić information content (AvgIpc) is 2.90. The minimum Gasteiger partial charge on any atom is -0.340 e. The average molecular weight is 249 g/mol. The molecule has 7 heteroatoms. The second kappa shape index (κ2) is 5.26. The van der Waals surface area contributed by atoms with Crippen molar-refractivity contribution in [2.75, 3.05) is 12.5 Å². The van der Waals surface area contributed by atoms with Crippen LogP contribution in [0.4, 0.5) is 10.5 Å². The van der Waals surface area contributed by atoms with Crippen LogP contribution in [0.1, 0.15) is 0 Å². The number of benzene rings is 1. The van der Waals surface area contributed by atoms with Crippen LogP contribution in [-0.2, 0) is 0 Å². The quantitative estimate of drug-likeness (QED) is 0.720. The number of rotatable bonds is 3.